The maximum atomic E-state index is 12.5. The molecule has 1 aliphatic heterocycles. The van der Waals surface area contributed by atoms with Gasteiger partial charge in [0.25, 0.3) is 5.91 Å². The van der Waals surface area contributed by atoms with Gasteiger partial charge in [0.15, 0.2) is 0 Å². The van der Waals surface area contributed by atoms with Crippen molar-refractivity contribution in [2.75, 3.05) is 13.1 Å². The van der Waals surface area contributed by atoms with Gasteiger partial charge in [-0.1, -0.05) is 22.0 Å². The van der Waals surface area contributed by atoms with Crippen LogP contribution in [0, 0.1) is 6.92 Å². The Balaban J connectivity index is 0.00000180. The molecular formula is C14H20BrClN2O. The Kier molecular flexibility index (Phi) is 5.83. The molecule has 0 spiro atoms. The highest BCUT2D eigenvalue weighted by atomic mass is 79.9. The van der Waals surface area contributed by atoms with Crippen LogP contribution in [0.1, 0.15) is 29.8 Å². The summed E-state index contributed by atoms with van der Waals surface area (Å²) in [6.45, 7) is 7.84. The molecule has 1 amide bonds. The lowest BCUT2D eigenvalue weighted by Crippen LogP contribution is -2.56. The molecule has 0 saturated carbocycles. The van der Waals surface area contributed by atoms with Gasteiger partial charge in [0.1, 0.15) is 0 Å². The van der Waals surface area contributed by atoms with E-state index < -0.39 is 0 Å². The number of piperazine rings is 1. The Morgan fingerprint density at radius 1 is 1.42 bits per heavy atom. The predicted octanol–water partition coefficient (Wildman–Crippen LogP) is 3.00. The highest BCUT2D eigenvalue weighted by molar-refractivity contribution is 9.10. The Bertz CT molecular complexity index is 467. The maximum Gasteiger partial charge on any atom is 0.254 e. The molecule has 0 radical (unpaired) electrons. The SMILES string of the molecule is Cc1ccc(C(=O)N2CC(C)NCC2C)cc1Br.Cl. The Morgan fingerprint density at radius 2 is 2.11 bits per heavy atom. The number of rotatable bonds is 1. The first kappa shape index (κ1) is 16.5. The van der Waals surface area contributed by atoms with Gasteiger partial charge in [0, 0.05) is 35.2 Å². The molecule has 106 valence electrons. The zero-order valence-corrected chi connectivity index (χ0v) is 13.8. The smallest absolute Gasteiger partial charge is 0.254 e. The zero-order chi connectivity index (χ0) is 13.3. The van der Waals surface area contributed by atoms with Gasteiger partial charge >= 0.3 is 0 Å². The van der Waals surface area contributed by atoms with Crippen molar-refractivity contribution in [2.45, 2.75) is 32.9 Å². The minimum atomic E-state index is 0. The molecule has 1 fully saturated rings. The Morgan fingerprint density at radius 3 is 2.74 bits per heavy atom. The molecule has 2 unspecified atom stereocenters. The quantitative estimate of drug-likeness (QED) is 0.847. The van der Waals surface area contributed by atoms with Crippen LogP contribution >= 0.6 is 28.3 Å². The van der Waals surface area contributed by atoms with E-state index in [1.165, 1.54) is 0 Å². The summed E-state index contributed by atoms with van der Waals surface area (Å²) in [5.74, 6) is 0.122. The molecule has 1 aliphatic rings. The van der Waals surface area contributed by atoms with Crippen molar-refractivity contribution in [3.8, 4) is 0 Å². The van der Waals surface area contributed by atoms with E-state index in [9.17, 15) is 4.79 Å². The van der Waals surface area contributed by atoms with Crippen LogP contribution in [0.4, 0.5) is 0 Å². The third-order valence-electron chi connectivity index (χ3n) is 3.44. The summed E-state index contributed by atoms with van der Waals surface area (Å²) in [6.07, 6.45) is 0. The number of nitrogens with zero attached hydrogens (tertiary/aromatic N) is 1. The van der Waals surface area contributed by atoms with Crippen LogP contribution in [-0.2, 0) is 0 Å². The summed E-state index contributed by atoms with van der Waals surface area (Å²) in [5, 5.41) is 3.39. The molecule has 19 heavy (non-hydrogen) atoms. The second-order valence-electron chi connectivity index (χ2n) is 5.08. The largest absolute Gasteiger partial charge is 0.333 e. The highest BCUT2D eigenvalue weighted by Crippen LogP contribution is 2.20. The zero-order valence-electron chi connectivity index (χ0n) is 11.4. The van der Waals surface area contributed by atoms with Crippen molar-refractivity contribution in [1.82, 2.24) is 10.2 Å². The van der Waals surface area contributed by atoms with Gasteiger partial charge in [-0.15, -0.1) is 12.4 Å². The van der Waals surface area contributed by atoms with E-state index in [0.29, 0.717) is 6.04 Å². The molecule has 0 aromatic heterocycles. The first-order valence-corrected chi connectivity index (χ1v) is 7.09. The van der Waals surface area contributed by atoms with Gasteiger partial charge in [-0.25, -0.2) is 0 Å². The predicted molar refractivity (Wildman–Crippen MR) is 84.1 cm³/mol. The van der Waals surface area contributed by atoms with Gasteiger partial charge in [0.05, 0.1) is 0 Å². The van der Waals surface area contributed by atoms with Crippen LogP contribution in [0.2, 0.25) is 0 Å². The van der Waals surface area contributed by atoms with E-state index >= 15 is 0 Å². The maximum absolute atomic E-state index is 12.5. The highest BCUT2D eigenvalue weighted by Gasteiger charge is 2.27. The van der Waals surface area contributed by atoms with E-state index in [-0.39, 0.29) is 24.4 Å². The Hall–Kier alpha value is -0.580. The molecule has 0 aliphatic carbocycles. The van der Waals surface area contributed by atoms with Crippen LogP contribution < -0.4 is 5.32 Å². The fourth-order valence-corrected chi connectivity index (χ4v) is 2.58. The average Bonchev–Trinajstić information content (AvgIpc) is 2.35. The second-order valence-corrected chi connectivity index (χ2v) is 5.93. The number of hydrogen-bond donors (Lipinski definition) is 1. The van der Waals surface area contributed by atoms with E-state index in [4.69, 9.17) is 0 Å². The van der Waals surface area contributed by atoms with Gasteiger partial charge in [0.2, 0.25) is 0 Å². The lowest BCUT2D eigenvalue weighted by molar-refractivity contribution is 0.0616. The van der Waals surface area contributed by atoms with Crippen LogP contribution in [0.5, 0.6) is 0 Å². The lowest BCUT2D eigenvalue weighted by Gasteiger charge is -2.37. The topological polar surface area (TPSA) is 32.3 Å². The molecule has 1 heterocycles. The van der Waals surface area contributed by atoms with Crippen LogP contribution in [0.25, 0.3) is 0 Å². The summed E-state index contributed by atoms with van der Waals surface area (Å²) in [7, 11) is 0. The normalized spacial score (nSPS) is 22.8. The summed E-state index contributed by atoms with van der Waals surface area (Å²) in [4.78, 5) is 14.5. The number of benzene rings is 1. The molecule has 1 aromatic carbocycles. The Labute approximate surface area is 129 Å². The van der Waals surface area contributed by atoms with Gasteiger partial charge in [-0.3, -0.25) is 4.79 Å². The van der Waals surface area contributed by atoms with E-state index in [1.807, 2.05) is 30.0 Å². The number of halogens is 2. The monoisotopic (exact) mass is 346 g/mol. The fourth-order valence-electron chi connectivity index (χ4n) is 2.20. The summed E-state index contributed by atoms with van der Waals surface area (Å²) in [6, 6.07) is 6.40. The van der Waals surface area contributed by atoms with E-state index in [2.05, 4.69) is 35.1 Å². The summed E-state index contributed by atoms with van der Waals surface area (Å²) < 4.78 is 0.990. The van der Waals surface area contributed by atoms with E-state index in [1.54, 1.807) is 0 Å². The molecule has 3 nitrogen and oxygen atoms in total. The number of hydrogen-bond acceptors (Lipinski definition) is 2. The summed E-state index contributed by atoms with van der Waals surface area (Å²) >= 11 is 3.48. The molecule has 0 bridgehead atoms. The first-order valence-electron chi connectivity index (χ1n) is 6.29. The minimum Gasteiger partial charge on any atom is -0.333 e. The molecular weight excluding hydrogens is 328 g/mol. The standard InChI is InChI=1S/C14H19BrN2O.ClH/c1-9-4-5-12(6-13(9)15)14(18)17-8-10(2)16-7-11(17)3;/h4-6,10-11,16H,7-8H2,1-3H3;1H. The van der Waals surface area contributed by atoms with Crippen molar-refractivity contribution in [3.63, 3.8) is 0 Å². The number of amides is 1. The van der Waals surface area contributed by atoms with Crippen molar-refractivity contribution < 1.29 is 4.79 Å². The average molecular weight is 348 g/mol. The van der Waals surface area contributed by atoms with Gasteiger partial charge in [-0.05, 0) is 38.5 Å². The van der Waals surface area contributed by atoms with E-state index in [0.717, 1.165) is 28.7 Å². The molecule has 1 N–H and O–H groups in total. The third kappa shape index (κ3) is 3.71. The van der Waals surface area contributed by atoms with Crippen molar-refractivity contribution in [3.05, 3.63) is 33.8 Å². The fraction of sp³-hybridized carbons (Fsp3) is 0.500. The van der Waals surface area contributed by atoms with Crippen molar-refractivity contribution in [1.29, 1.82) is 0 Å². The van der Waals surface area contributed by atoms with Gasteiger partial charge < -0.3 is 10.2 Å². The first-order chi connectivity index (χ1) is 8.49. The summed E-state index contributed by atoms with van der Waals surface area (Å²) in [5.41, 5.74) is 1.90. The van der Waals surface area contributed by atoms with Crippen molar-refractivity contribution >= 4 is 34.2 Å². The van der Waals surface area contributed by atoms with Crippen molar-refractivity contribution in [2.24, 2.45) is 0 Å². The molecule has 5 heteroatoms. The number of nitrogens with one attached hydrogen (secondary N) is 1. The molecule has 2 atom stereocenters. The minimum absolute atomic E-state index is 0. The third-order valence-corrected chi connectivity index (χ3v) is 4.30. The van der Waals surface area contributed by atoms with Crippen LogP contribution in [-0.4, -0.2) is 36.0 Å². The molecule has 1 aromatic rings. The molecule has 2 rings (SSSR count). The van der Waals surface area contributed by atoms with Crippen LogP contribution in [0.15, 0.2) is 22.7 Å². The second kappa shape index (κ2) is 6.73. The number of carbonyl (C=O) groups excluding carboxylic acids is 1. The lowest BCUT2D eigenvalue weighted by atomic mass is 10.1. The molecule has 1 saturated heterocycles. The number of aryl methyl sites for hydroxylation is 1. The van der Waals surface area contributed by atoms with Gasteiger partial charge in [-0.2, -0.15) is 0 Å². The number of carbonyl (C=O) groups is 1. The van der Waals surface area contributed by atoms with Crippen LogP contribution in [0.3, 0.4) is 0 Å².